The minimum Gasteiger partial charge on any atom is -0.496 e. The molecule has 1 aromatic carbocycles. The van der Waals surface area contributed by atoms with Crippen LogP contribution in [0.3, 0.4) is 0 Å². The van der Waals surface area contributed by atoms with E-state index in [2.05, 4.69) is 15.2 Å². The Labute approximate surface area is 227 Å². The van der Waals surface area contributed by atoms with Crippen molar-refractivity contribution in [3.8, 4) is 0 Å². The molecule has 3 heterocycles. The number of nitrogens with zero attached hydrogens (tertiary/aromatic N) is 2. The lowest BCUT2D eigenvalue weighted by molar-refractivity contribution is -0.137. The maximum atomic E-state index is 13.3. The Morgan fingerprint density at radius 3 is 2.74 bits per heavy atom. The van der Waals surface area contributed by atoms with Crippen LogP contribution in [0, 0.1) is 0 Å². The molecule has 0 spiro atoms. The van der Waals surface area contributed by atoms with Crippen molar-refractivity contribution < 1.29 is 22.7 Å². The molecule has 4 rings (SSSR count). The quantitative estimate of drug-likeness (QED) is 0.322. The summed E-state index contributed by atoms with van der Waals surface area (Å²) in [5.41, 5.74) is 1.46. The fourth-order valence-corrected chi connectivity index (χ4v) is 6.41. The normalized spacial score (nSPS) is 20.2. The van der Waals surface area contributed by atoms with Crippen molar-refractivity contribution >= 4 is 27.8 Å². The number of fused-ring (bicyclic) bond motifs is 1. The van der Waals surface area contributed by atoms with E-state index in [0.29, 0.717) is 17.7 Å². The average Bonchev–Trinajstić information content (AvgIpc) is 3.05. The van der Waals surface area contributed by atoms with Crippen molar-refractivity contribution in [1.82, 2.24) is 15.2 Å². The summed E-state index contributed by atoms with van der Waals surface area (Å²) in [7, 11) is 0. The molecule has 0 aliphatic carbocycles. The van der Waals surface area contributed by atoms with Crippen molar-refractivity contribution in [2.75, 3.05) is 39.3 Å². The van der Waals surface area contributed by atoms with E-state index in [4.69, 9.17) is 4.74 Å². The lowest BCUT2D eigenvalue weighted by atomic mass is 9.87. The maximum Gasteiger partial charge on any atom is 0.416 e. The number of hydrogen-bond donors (Lipinski definition) is 1. The zero-order valence-electron chi connectivity index (χ0n) is 22.3. The van der Waals surface area contributed by atoms with Gasteiger partial charge in [0.1, 0.15) is 5.76 Å². The Hall–Kier alpha value is -2.10. The molecule has 1 saturated heterocycles. The zero-order chi connectivity index (χ0) is 27.1. The van der Waals surface area contributed by atoms with E-state index in [9.17, 15) is 18.0 Å². The summed E-state index contributed by atoms with van der Waals surface area (Å²) >= 11 is 1.30. The van der Waals surface area contributed by atoms with Crippen LogP contribution in [-0.4, -0.2) is 59.6 Å². The number of carbonyl (C=O) groups is 1. The van der Waals surface area contributed by atoms with Crippen molar-refractivity contribution in [3.63, 3.8) is 0 Å². The molecule has 0 bridgehead atoms. The Morgan fingerprint density at radius 2 is 1.97 bits per heavy atom. The van der Waals surface area contributed by atoms with Gasteiger partial charge in [0.2, 0.25) is 5.12 Å². The highest BCUT2D eigenvalue weighted by Gasteiger charge is 2.31. The first-order valence-electron chi connectivity index (χ1n) is 13.7. The first-order chi connectivity index (χ1) is 18.2. The summed E-state index contributed by atoms with van der Waals surface area (Å²) in [6.45, 7) is 9.69. The summed E-state index contributed by atoms with van der Waals surface area (Å²) < 4.78 is 45.9. The smallest absolute Gasteiger partial charge is 0.416 e. The minimum atomic E-state index is -4.39. The third-order valence-corrected chi connectivity index (χ3v) is 8.62. The van der Waals surface area contributed by atoms with Gasteiger partial charge >= 0.3 is 6.18 Å². The third-order valence-electron chi connectivity index (χ3n) is 7.54. The second-order valence-corrected chi connectivity index (χ2v) is 11.6. The Balaban J connectivity index is 1.44. The van der Waals surface area contributed by atoms with Gasteiger partial charge in [0.15, 0.2) is 0 Å². The second kappa shape index (κ2) is 13.3. The van der Waals surface area contributed by atoms with Gasteiger partial charge in [-0.05, 0) is 95.3 Å². The van der Waals surface area contributed by atoms with Crippen molar-refractivity contribution in [2.45, 2.75) is 69.7 Å². The summed E-state index contributed by atoms with van der Waals surface area (Å²) in [6.07, 6.45) is 3.16. The molecule has 2 atom stereocenters. The molecule has 0 saturated carbocycles. The molecule has 1 fully saturated rings. The van der Waals surface area contributed by atoms with E-state index in [1.165, 1.54) is 18.2 Å². The lowest BCUT2D eigenvalue weighted by Crippen LogP contribution is -2.29. The molecule has 1 N–H and O–H groups in total. The highest BCUT2D eigenvalue weighted by molar-refractivity contribution is 8.15. The molecule has 5 nitrogen and oxygen atoms in total. The topological polar surface area (TPSA) is 54.5 Å². The number of carbonyl (C=O) groups excluding carboxylic acids is 1. The number of hydrogen-bond acceptors (Lipinski definition) is 6. The molecule has 2 unspecified atom stereocenters. The van der Waals surface area contributed by atoms with Crippen LogP contribution in [0.1, 0.15) is 69.4 Å². The molecule has 0 amide bonds. The first kappa shape index (κ1) is 28.9. The van der Waals surface area contributed by atoms with Crippen LogP contribution in [0.2, 0.25) is 0 Å². The van der Waals surface area contributed by atoms with Gasteiger partial charge in [-0.25, -0.2) is 0 Å². The summed E-state index contributed by atoms with van der Waals surface area (Å²) in [5.74, 6) is 0.969. The van der Waals surface area contributed by atoms with Crippen molar-refractivity contribution in [3.05, 3.63) is 52.9 Å². The third kappa shape index (κ3) is 7.51. The predicted molar refractivity (Wildman–Crippen MR) is 147 cm³/mol. The van der Waals surface area contributed by atoms with Crippen molar-refractivity contribution in [2.24, 2.45) is 0 Å². The van der Waals surface area contributed by atoms with Crippen molar-refractivity contribution in [1.29, 1.82) is 0 Å². The Morgan fingerprint density at radius 1 is 1.16 bits per heavy atom. The standard InChI is InChI=1S/C29H38F3N3O2S/c1-20-27(21(2)38-28(20)36)37-18-5-8-22(7-3-4-15-35-16-6-12-33-14-17-35)24-11-13-34-26-19-23(29(30,31)32)9-10-25(24)26/h9-11,13,19,21-22,33H,3-8,12,14-18H2,1-2H3. The van der Waals surface area contributed by atoms with E-state index < -0.39 is 11.7 Å². The van der Waals surface area contributed by atoms with E-state index in [1.807, 2.05) is 19.9 Å². The monoisotopic (exact) mass is 549 g/mol. The summed E-state index contributed by atoms with van der Waals surface area (Å²) in [6, 6.07) is 5.85. The van der Waals surface area contributed by atoms with Crippen LogP contribution in [0.4, 0.5) is 13.2 Å². The predicted octanol–water partition coefficient (Wildman–Crippen LogP) is 6.54. The van der Waals surface area contributed by atoms with Gasteiger partial charge in [0, 0.05) is 30.2 Å². The number of pyridine rings is 1. The van der Waals surface area contributed by atoms with Gasteiger partial charge < -0.3 is 15.0 Å². The zero-order valence-corrected chi connectivity index (χ0v) is 23.1. The van der Waals surface area contributed by atoms with Gasteiger partial charge in [-0.2, -0.15) is 13.2 Å². The fourth-order valence-electron chi connectivity index (χ4n) is 5.45. The van der Waals surface area contributed by atoms with Gasteiger partial charge in [-0.3, -0.25) is 9.78 Å². The van der Waals surface area contributed by atoms with Gasteiger partial charge in [-0.15, -0.1) is 0 Å². The highest BCUT2D eigenvalue weighted by Crippen LogP contribution is 2.37. The number of benzene rings is 1. The number of nitrogens with one attached hydrogen (secondary N) is 1. The molecule has 2 aromatic rings. The number of ether oxygens (including phenoxy) is 1. The number of rotatable bonds is 11. The van der Waals surface area contributed by atoms with E-state index in [0.717, 1.165) is 93.7 Å². The van der Waals surface area contributed by atoms with E-state index >= 15 is 0 Å². The molecular weight excluding hydrogens is 511 g/mol. The molecule has 1 aromatic heterocycles. The Kier molecular flexibility index (Phi) is 10.1. The van der Waals surface area contributed by atoms with Gasteiger partial charge in [0.25, 0.3) is 0 Å². The number of alkyl halides is 3. The van der Waals surface area contributed by atoms with Gasteiger partial charge in [0.05, 0.1) is 22.9 Å². The molecular formula is C29H38F3N3O2S. The Bertz CT molecular complexity index is 1130. The van der Waals surface area contributed by atoms with Crippen LogP contribution in [0.15, 0.2) is 41.8 Å². The SMILES string of the molecule is CC1=C(OCCCC(CCCCN2CCCNCC2)c2ccnc3cc(C(F)(F)F)ccc23)C(C)SC1=O. The maximum absolute atomic E-state index is 13.3. The number of halogens is 3. The van der Waals surface area contributed by atoms with Crippen LogP contribution < -0.4 is 5.32 Å². The van der Waals surface area contributed by atoms with Gasteiger partial charge in [-0.1, -0.05) is 24.2 Å². The van der Waals surface area contributed by atoms with Crippen LogP contribution >= 0.6 is 11.8 Å². The minimum absolute atomic E-state index is 0.0412. The van der Waals surface area contributed by atoms with Crippen LogP contribution in [0.25, 0.3) is 10.9 Å². The first-order valence-corrected chi connectivity index (χ1v) is 14.6. The number of thioether (sulfide) groups is 1. The second-order valence-electron chi connectivity index (χ2n) is 10.3. The molecule has 208 valence electrons. The number of aromatic nitrogens is 1. The summed E-state index contributed by atoms with van der Waals surface area (Å²) in [4.78, 5) is 18.7. The molecule has 9 heteroatoms. The van der Waals surface area contributed by atoms with Crippen LogP contribution in [0.5, 0.6) is 0 Å². The molecule has 2 aliphatic heterocycles. The number of unbranched alkanes of at least 4 members (excludes halogenated alkanes) is 1. The molecule has 38 heavy (non-hydrogen) atoms. The largest absolute Gasteiger partial charge is 0.496 e. The molecule has 0 radical (unpaired) electrons. The average molecular weight is 550 g/mol. The molecule has 2 aliphatic rings. The summed E-state index contributed by atoms with van der Waals surface area (Å²) in [5, 5.41) is 4.35. The lowest BCUT2D eigenvalue weighted by Gasteiger charge is -2.22. The fraction of sp³-hybridized carbons (Fsp3) is 0.586. The highest BCUT2D eigenvalue weighted by atomic mass is 32.2. The van der Waals surface area contributed by atoms with E-state index in [1.54, 1.807) is 12.3 Å². The van der Waals surface area contributed by atoms with Crippen LogP contribution in [-0.2, 0) is 15.7 Å². The van der Waals surface area contributed by atoms with E-state index in [-0.39, 0.29) is 16.3 Å².